The van der Waals surface area contributed by atoms with Gasteiger partial charge in [0.15, 0.2) is 0 Å². The van der Waals surface area contributed by atoms with E-state index in [0.717, 1.165) is 49.0 Å². The molecule has 0 aromatic heterocycles. The van der Waals surface area contributed by atoms with Crippen molar-refractivity contribution in [3.05, 3.63) is 95.1 Å². The van der Waals surface area contributed by atoms with Crippen molar-refractivity contribution in [3.63, 3.8) is 0 Å². The molecule has 10 nitrogen and oxygen atoms in total. The van der Waals surface area contributed by atoms with Crippen LogP contribution in [0.25, 0.3) is 0 Å². The molecule has 0 radical (unpaired) electrons. The predicted octanol–water partition coefficient (Wildman–Crippen LogP) is 5.55. The first-order valence-electron chi connectivity index (χ1n) is 16.9. The number of ether oxygens (including phenoxy) is 5. The summed E-state index contributed by atoms with van der Waals surface area (Å²) in [6, 6.07) is 21.6. The Morgan fingerprint density at radius 2 is 1.40 bits per heavy atom. The van der Waals surface area contributed by atoms with E-state index in [-0.39, 0.29) is 40.7 Å². The normalized spacial score (nSPS) is 24.1. The molecule has 52 heavy (non-hydrogen) atoms. The van der Waals surface area contributed by atoms with Crippen LogP contribution in [0.15, 0.2) is 77.7 Å². The third kappa shape index (κ3) is 10.7. The molecule has 4 unspecified atom stereocenters. The van der Waals surface area contributed by atoms with Gasteiger partial charge in [0.2, 0.25) is 0 Å². The number of alkyl halides is 3. The number of nitrogens with two attached hydrogens (primary N) is 1. The SMILES string of the molecule is COCOC1CN(C)CC(N)(c2ccccc2)C1.COCOC1CN(C)CC(NC(=O)c2c(OC)cc(C(F)(F)F)cc2SC)(c2ccccc2)C1. The van der Waals surface area contributed by atoms with Gasteiger partial charge < -0.3 is 44.5 Å². The minimum absolute atomic E-state index is 0.0703. The van der Waals surface area contributed by atoms with E-state index in [1.165, 1.54) is 12.7 Å². The second-order valence-corrected chi connectivity index (χ2v) is 14.2. The summed E-state index contributed by atoms with van der Waals surface area (Å²) >= 11 is 1.06. The maximum Gasteiger partial charge on any atom is 0.416 e. The molecule has 0 saturated carbocycles. The summed E-state index contributed by atoms with van der Waals surface area (Å²) in [7, 11) is 8.44. The number of nitrogens with zero attached hydrogens (tertiary/aromatic N) is 2. The number of carbonyl (C=O) groups is 1. The van der Waals surface area contributed by atoms with E-state index in [1.807, 2.05) is 55.6 Å². The molecule has 2 saturated heterocycles. The van der Waals surface area contributed by atoms with Crippen LogP contribution in [0.4, 0.5) is 13.2 Å². The number of methoxy groups -OCH3 is 3. The fourth-order valence-electron chi connectivity index (χ4n) is 7.06. The molecule has 2 aliphatic rings. The fraction of sp³-hybridized carbons (Fsp3) is 0.500. The van der Waals surface area contributed by atoms with Crippen LogP contribution in [-0.2, 0) is 36.2 Å². The largest absolute Gasteiger partial charge is 0.496 e. The zero-order valence-electron chi connectivity index (χ0n) is 30.7. The first-order chi connectivity index (χ1) is 24.8. The smallest absolute Gasteiger partial charge is 0.416 e. The number of carbonyl (C=O) groups excluding carboxylic acids is 1. The monoisotopic (exact) mass is 748 g/mol. The van der Waals surface area contributed by atoms with Crippen LogP contribution < -0.4 is 15.8 Å². The Morgan fingerprint density at radius 3 is 1.92 bits per heavy atom. The van der Waals surface area contributed by atoms with Crippen molar-refractivity contribution in [3.8, 4) is 5.75 Å². The third-order valence-electron chi connectivity index (χ3n) is 9.22. The minimum atomic E-state index is -4.56. The van der Waals surface area contributed by atoms with E-state index in [0.29, 0.717) is 26.3 Å². The zero-order valence-corrected chi connectivity index (χ0v) is 31.5. The molecule has 3 aromatic carbocycles. The summed E-state index contributed by atoms with van der Waals surface area (Å²) in [5.74, 6) is -0.643. The van der Waals surface area contributed by atoms with Crippen molar-refractivity contribution in [2.75, 3.05) is 81.4 Å². The van der Waals surface area contributed by atoms with Gasteiger partial charge in [-0.2, -0.15) is 13.2 Å². The Bertz CT molecular complexity index is 1550. The van der Waals surface area contributed by atoms with Gasteiger partial charge in [0.1, 0.15) is 19.3 Å². The van der Waals surface area contributed by atoms with Crippen molar-refractivity contribution in [1.82, 2.24) is 15.1 Å². The highest BCUT2D eigenvalue weighted by atomic mass is 32.2. The summed E-state index contributed by atoms with van der Waals surface area (Å²) in [5.41, 5.74) is 6.63. The van der Waals surface area contributed by atoms with Crippen LogP contribution >= 0.6 is 11.8 Å². The van der Waals surface area contributed by atoms with Crippen molar-refractivity contribution in [1.29, 1.82) is 0 Å². The standard InChI is InChI=1S/C24H29F3N2O4S.C14H22N2O2/c1-29-13-18(33-15-31-2)12-23(14-29,16-8-6-5-7-9-16)28-22(30)21-19(32-3)10-17(24(25,26)27)11-20(21)34-4;1-16-9-13(18-11-17-2)8-14(15,10-16)12-6-4-3-5-7-12/h5-11,18H,12-15H2,1-4H3,(H,28,30);3-7,13H,8-11,15H2,1-2H3. The highest BCUT2D eigenvalue weighted by Gasteiger charge is 2.43. The maximum atomic E-state index is 13.7. The first-order valence-corrected chi connectivity index (χ1v) is 18.1. The van der Waals surface area contributed by atoms with E-state index in [9.17, 15) is 18.0 Å². The molecule has 14 heteroatoms. The molecular weight excluding hydrogens is 698 g/mol. The lowest BCUT2D eigenvalue weighted by Crippen LogP contribution is -2.59. The van der Waals surface area contributed by atoms with E-state index in [2.05, 4.69) is 34.3 Å². The van der Waals surface area contributed by atoms with Gasteiger partial charge in [-0.3, -0.25) is 4.79 Å². The minimum Gasteiger partial charge on any atom is -0.496 e. The number of rotatable bonds is 12. The van der Waals surface area contributed by atoms with Crippen LogP contribution in [0.2, 0.25) is 0 Å². The van der Waals surface area contributed by atoms with Gasteiger partial charge in [-0.1, -0.05) is 60.7 Å². The Balaban J connectivity index is 0.000000281. The summed E-state index contributed by atoms with van der Waals surface area (Å²) in [6.45, 7) is 3.32. The van der Waals surface area contributed by atoms with Crippen LogP contribution in [0, 0.1) is 0 Å². The Labute approximate surface area is 309 Å². The quantitative estimate of drug-likeness (QED) is 0.181. The number of benzene rings is 3. The second-order valence-electron chi connectivity index (χ2n) is 13.4. The van der Waals surface area contributed by atoms with Gasteiger partial charge in [-0.25, -0.2) is 0 Å². The van der Waals surface area contributed by atoms with Crippen molar-refractivity contribution >= 4 is 17.7 Å². The highest BCUT2D eigenvalue weighted by Crippen LogP contribution is 2.40. The second kappa shape index (κ2) is 18.7. The van der Waals surface area contributed by atoms with E-state index in [1.54, 1.807) is 20.5 Å². The molecule has 0 spiro atoms. The topological polar surface area (TPSA) is 108 Å². The van der Waals surface area contributed by atoms with Gasteiger partial charge in [-0.05, 0) is 50.0 Å². The molecule has 4 atom stereocenters. The van der Waals surface area contributed by atoms with E-state index >= 15 is 0 Å². The molecule has 5 rings (SSSR count). The number of likely N-dealkylation sites (N-methyl/N-ethyl adjacent to an activating group) is 2. The maximum absolute atomic E-state index is 13.7. The van der Waals surface area contributed by atoms with Crippen molar-refractivity contribution in [2.45, 2.75) is 47.2 Å². The van der Waals surface area contributed by atoms with Gasteiger partial charge in [0.25, 0.3) is 5.91 Å². The van der Waals surface area contributed by atoms with Gasteiger partial charge in [0, 0.05) is 51.7 Å². The number of nitrogens with one attached hydrogen (secondary N) is 1. The number of hydrogen-bond donors (Lipinski definition) is 2. The zero-order chi connectivity index (χ0) is 37.9. The average Bonchev–Trinajstić information content (AvgIpc) is 3.12. The summed E-state index contributed by atoms with van der Waals surface area (Å²) < 4.78 is 67.0. The predicted molar refractivity (Wildman–Crippen MR) is 195 cm³/mol. The summed E-state index contributed by atoms with van der Waals surface area (Å²) in [6.07, 6.45) is -1.75. The van der Waals surface area contributed by atoms with Gasteiger partial charge >= 0.3 is 6.18 Å². The number of hydrogen-bond acceptors (Lipinski definition) is 10. The van der Waals surface area contributed by atoms with Crippen molar-refractivity contribution in [2.24, 2.45) is 5.73 Å². The molecule has 286 valence electrons. The van der Waals surface area contributed by atoms with Crippen LogP contribution in [0.1, 0.15) is 39.9 Å². The average molecular weight is 749 g/mol. The number of thioether (sulfide) groups is 1. The molecular formula is C38H51F3N4O6S. The molecule has 3 N–H and O–H groups in total. The molecule has 0 bridgehead atoms. The highest BCUT2D eigenvalue weighted by molar-refractivity contribution is 7.98. The lowest BCUT2D eigenvalue weighted by atomic mass is 9.80. The Kier molecular flexibility index (Phi) is 14.9. The van der Waals surface area contributed by atoms with E-state index in [4.69, 9.17) is 29.4 Å². The van der Waals surface area contributed by atoms with Crippen molar-refractivity contribution < 1.29 is 41.7 Å². The van der Waals surface area contributed by atoms with Gasteiger partial charge in [-0.15, -0.1) is 11.8 Å². The molecule has 1 amide bonds. The molecule has 0 aliphatic carbocycles. The lowest BCUT2D eigenvalue weighted by Gasteiger charge is -2.45. The Hall–Kier alpha value is -3.21. The molecule has 2 aliphatic heterocycles. The number of likely N-dealkylation sites (tertiary alicyclic amines) is 2. The number of piperidine rings is 2. The Morgan fingerprint density at radius 1 is 0.865 bits per heavy atom. The molecule has 3 aromatic rings. The fourth-order valence-corrected chi connectivity index (χ4v) is 7.70. The third-order valence-corrected chi connectivity index (χ3v) is 9.98. The summed E-state index contributed by atoms with van der Waals surface area (Å²) in [4.78, 5) is 18.1. The number of amides is 1. The molecule has 2 fully saturated rings. The first kappa shape index (κ1) is 41.5. The van der Waals surface area contributed by atoms with Crippen LogP contribution in [0.3, 0.4) is 0 Å². The van der Waals surface area contributed by atoms with E-state index < -0.39 is 23.2 Å². The summed E-state index contributed by atoms with van der Waals surface area (Å²) in [5, 5.41) is 3.13. The lowest BCUT2D eigenvalue weighted by molar-refractivity contribution is -0.137. The van der Waals surface area contributed by atoms with Gasteiger partial charge in [0.05, 0.1) is 41.5 Å². The van der Waals surface area contributed by atoms with Crippen LogP contribution in [0.5, 0.6) is 5.75 Å². The molecule has 2 heterocycles. The van der Waals surface area contributed by atoms with Crippen LogP contribution in [-0.4, -0.2) is 109 Å². The number of halogens is 3.